The number of fused-ring (bicyclic) bond motifs is 1. The lowest BCUT2D eigenvalue weighted by atomic mass is 10.2. The van der Waals surface area contributed by atoms with Crippen LogP contribution in [0.3, 0.4) is 0 Å². The third-order valence-corrected chi connectivity index (χ3v) is 4.38. The largest absolute Gasteiger partial charge is 0.489 e. The van der Waals surface area contributed by atoms with Crippen LogP contribution in [-0.4, -0.2) is 15.3 Å². The first kappa shape index (κ1) is 17.7. The van der Waals surface area contributed by atoms with E-state index in [0.717, 1.165) is 11.2 Å². The van der Waals surface area contributed by atoms with Gasteiger partial charge in [0, 0.05) is 18.3 Å². The summed E-state index contributed by atoms with van der Waals surface area (Å²) < 4.78 is 21.0. The van der Waals surface area contributed by atoms with Crippen LogP contribution in [0.1, 0.15) is 21.6 Å². The average molecular weight is 375 g/mol. The third-order valence-electron chi connectivity index (χ3n) is 4.38. The molecule has 4 aromatic rings. The number of nitrogens with zero attached hydrogens (tertiary/aromatic N) is 2. The van der Waals surface area contributed by atoms with Crippen molar-refractivity contribution in [2.45, 2.75) is 13.2 Å². The van der Waals surface area contributed by atoms with E-state index in [1.165, 1.54) is 6.07 Å². The number of rotatable bonds is 6. The molecule has 28 heavy (non-hydrogen) atoms. The van der Waals surface area contributed by atoms with Gasteiger partial charge in [-0.2, -0.15) is 0 Å². The molecule has 5 nitrogen and oxygen atoms in total. The van der Waals surface area contributed by atoms with Crippen molar-refractivity contribution in [1.82, 2.24) is 14.7 Å². The molecule has 0 saturated heterocycles. The first-order valence-corrected chi connectivity index (χ1v) is 8.86. The summed E-state index contributed by atoms with van der Waals surface area (Å²) >= 11 is 0. The Morgan fingerprint density at radius 2 is 1.82 bits per heavy atom. The summed E-state index contributed by atoms with van der Waals surface area (Å²) in [4.78, 5) is 16.6. The zero-order valence-corrected chi connectivity index (χ0v) is 15.0. The van der Waals surface area contributed by atoms with E-state index in [0.29, 0.717) is 23.6 Å². The van der Waals surface area contributed by atoms with Crippen molar-refractivity contribution in [3.63, 3.8) is 0 Å². The Labute approximate surface area is 161 Å². The van der Waals surface area contributed by atoms with Gasteiger partial charge in [0.15, 0.2) is 0 Å². The molecule has 0 bridgehead atoms. The number of benzene rings is 2. The number of pyridine rings is 1. The van der Waals surface area contributed by atoms with Crippen LogP contribution >= 0.6 is 0 Å². The molecule has 0 aliphatic carbocycles. The van der Waals surface area contributed by atoms with E-state index < -0.39 is 0 Å². The predicted molar refractivity (Wildman–Crippen MR) is 104 cm³/mol. The first-order chi connectivity index (χ1) is 13.7. The zero-order valence-electron chi connectivity index (χ0n) is 15.0. The molecular formula is C22H18FN3O2. The van der Waals surface area contributed by atoms with E-state index >= 15 is 0 Å². The fraction of sp³-hybridized carbons (Fsp3) is 0.0909. The Balaban J connectivity index is 1.34. The number of amides is 1. The highest BCUT2D eigenvalue weighted by Crippen LogP contribution is 2.16. The number of imidazole rings is 1. The molecule has 0 radical (unpaired) electrons. The lowest BCUT2D eigenvalue weighted by Crippen LogP contribution is -2.24. The normalized spacial score (nSPS) is 10.8. The quantitative estimate of drug-likeness (QED) is 0.555. The minimum Gasteiger partial charge on any atom is -0.489 e. The van der Waals surface area contributed by atoms with Gasteiger partial charge in [0.1, 0.15) is 29.5 Å². The van der Waals surface area contributed by atoms with Crippen LogP contribution in [0.4, 0.5) is 4.39 Å². The smallest absolute Gasteiger partial charge is 0.270 e. The maximum Gasteiger partial charge on any atom is 0.270 e. The van der Waals surface area contributed by atoms with Gasteiger partial charge in [0.2, 0.25) is 0 Å². The summed E-state index contributed by atoms with van der Waals surface area (Å²) in [5, 5.41) is 2.89. The standard InChI is InChI=1S/C22H18FN3O2/c23-19-6-2-1-5-17(19)15-28-18-10-8-16(9-11-18)13-25-22(27)20-14-24-21-7-3-4-12-26(20)21/h1-12,14H,13,15H2,(H,25,27). The van der Waals surface area contributed by atoms with Gasteiger partial charge in [-0.1, -0.05) is 36.4 Å². The van der Waals surface area contributed by atoms with Gasteiger partial charge < -0.3 is 10.1 Å². The fourth-order valence-corrected chi connectivity index (χ4v) is 2.85. The number of hydrogen-bond donors (Lipinski definition) is 1. The van der Waals surface area contributed by atoms with Gasteiger partial charge in [-0.05, 0) is 35.9 Å². The van der Waals surface area contributed by atoms with Gasteiger partial charge >= 0.3 is 0 Å². The fourth-order valence-electron chi connectivity index (χ4n) is 2.85. The van der Waals surface area contributed by atoms with E-state index in [4.69, 9.17) is 4.74 Å². The molecule has 1 N–H and O–H groups in total. The monoisotopic (exact) mass is 375 g/mol. The minimum atomic E-state index is -0.283. The number of aromatic nitrogens is 2. The molecule has 0 atom stereocenters. The summed E-state index contributed by atoms with van der Waals surface area (Å²) in [6.45, 7) is 0.545. The lowest BCUT2D eigenvalue weighted by Gasteiger charge is -2.09. The van der Waals surface area contributed by atoms with E-state index in [2.05, 4.69) is 10.3 Å². The number of nitrogens with one attached hydrogen (secondary N) is 1. The van der Waals surface area contributed by atoms with E-state index in [1.54, 1.807) is 47.1 Å². The predicted octanol–water partition coefficient (Wildman–Crippen LogP) is 3.98. The van der Waals surface area contributed by atoms with Crippen molar-refractivity contribution >= 4 is 11.6 Å². The highest BCUT2D eigenvalue weighted by Gasteiger charge is 2.11. The van der Waals surface area contributed by atoms with Crippen molar-refractivity contribution in [3.05, 3.63) is 102 Å². The van der Waals surface area contributed by atoms with Gasteiger partial charge in [-0.25, -0.2) is 9.37 Å². The summed E-state index contributed by atoms with van der Waals surface area (Å²) in [6.07, 6.45) is 3.36. The summed E-state index contributed by atoms with van der Waals surface area (Å²) in [6, 6.07) is 19.4. The van der Waals surface area contributed by atoms with Crippen molar-refractivity contribution in [2.24, 2.45) is 0 Å². The summed E-state index contributed by atoms with van der Waals surface area (Å²) in [7, 11) is 0. The zero-order chi connectivity index (χ0) is 19.3. The Kier molecular flexibility index (Phi) is 5.01. The molecule has 4 rings (SSSR count). The maximum absolute atomic E-state index is 13.6. The average Bonchev–Trinajstić information content (AvgIpc) is 3.16. The minimum absolute atomic E-state index is 0.164. The summed E-state index contributed by atoms with van der Waals surface area (Å²) in [5.74, 6) is 0.160. The second kappa shape index (κ2) is 7.92. The van der Waals surface area contributed by atoms with E-state index in [9.17, 15) is 9.18 Å². The SMILES string of the molecule is O=C(NCc1ccc(OCc2ccccc2F)cc1)c1cnc2ccccn12. The molecule has 0 fully saturated rings. The van der Waals surface area contributed by atoms with Crippen LogP contribution in [-0.2, 0) is 13.2 Å². The Morgan fingerprint density at radius 1 is 1.04 bits per heavy atom. The topological polar surface area (TPSA) is 55.6 Å². The highest BCUT2D eigenvalue weighted by atomic mass is 19.1. The molecule has 0 saturated carbocycles. The Morgan fingerprint density at radius 3 is 2.64 bits per heavy atom. The second-order valence-corrected chi connectivity index (χ2v) is 6.28. The Bertz CT molecular complexity index is 1110. The van der Waals surface area contributed by atoms with Gasteiger partial charge in [-0.3, -0.25) is 9.20 Å². The molecule has 0 unspecified atom stereocenters. The van der Waals surface area contributed by atoms with Crippen molar-refractivity contribution in [3.8, 4) is 5.75 Å². The summed E-state index contributed by atoms with van der Waals surface area (Å²) in [5.41, 5.74) is 2.65. The molecule has 0 aliphatic rings. The third kappa shape index (κ3) is 3.86. The molecule has 1 amide bonds. The number of carbonyl (C=O) groups excluding carboxylic acids is 1. The highest BCUT2D eigenvalue weighted by molar-refractivity contribution is 5.93. The molecule has 2 heterocycles. The number of ether oxygens (including phenoxy) is 1. The van der Waals surface area contributed by atoms with Crippen LogP contribution in [0.25, 0.3) is 5.65 Å². The lowest BCUT2D eigenvalue weighted by molar-refractivity contribution is 0.0945. The van der Waals surface area contributed by atoms with Crippen LogP contribution in [0, 0.1) is 5.82 Å². The number of halogens is 1. The molecule has 0 aliphatic heterocycles. The van der Waals surface area contributed by atoms with Crippen molar-refractivity contribution in [2.75, 3.05) is 0 Å². The van der Waals surface area contributed by atoms with Crippen LogP contribution in [0.2, 0.25) is 0 Å². The van der Waals surface area contributed by atoms with Crippen molar-refractivity contribution in [1.29, 1.82) is 0 Å². The molecule has 140 valence electrons. The van der Waals surface area contributed by atoms with Crippen LogP contribution in [0.15, 0.2) is 79.1 Å². The molecule has 6 heteroatoms. The Hall–Kier alpha value is -3.67. The van der Waals surface area contributed by atoms with Crippen molar-refractivity contribution < 1.29 is 13.9 Å². The number of hydrogen-bond acceptors (Lipinski definition) is 3. The van der Waals surface area contributed by atoms with Gasteiger partial charge in [0.25, 0.3) is 5.91 Å². The van der Waals surface area contributed by atoms with Crippen LogP contribution < -0.4 is 10.1 Å². The van der Waals surface area contributed by atoms with Gasteiger partial charge in [0.05, 0.1) is 6.20 Å². The van der Waals surface area contributed by atoms with Gasteiger partial charge in [-0.15, -0.1) is 0 Å². The van der Waals surface area contributed by atoms with E-state index in [-0.39, 0.29) is 18.3 Å². The second-order valence-electron chi connectivity index (χ2n) is 6.28. The first-order valence-electron chi connectivity index (χ1n) is 8.86. The number of carbonyl (C=O) groups is 1. The molecular weight excluding hydrogens is 357 g/mol. The maximum atomic E-state index is 13.6. The molecule has 2 aromatic heterocycles. The van der Waals surface area contributed by atoms with Crippen LogP contribution in [0.5, 0.6) is 5.75 Å². The molecule has 2 aromatic carbocycles. The van der Waals surface area contributed by atoms with E-state index in [1.807, 2.05) is 30.3 Å². The molecule has 0 spiro atoms.